The first kappa shape index (κ1) is 18.9. The minimum atomic E-state index is -3.38. The van der Waals surface area contributed by atoms with Gasteiger partial charge in [0.15, 0.2) is 9.84 Å². The predicted octanol–water partition coefficient (Wildman–Crippen LogP) is 3.49. The molecule has 0 fully saturated rings. The van der Waals surface area contributed by atoms with E-state index in [-0.39, 0.29) is 17.3 Å². The number of nitrogens with one attached hydrogen (secondary N) is 1. The number of sulfone groups is 1. The van der Waals surface area contributed by atoms with Crippen LogP contribution in [0.4, 0.5) is 0 Å². The Bertz CT molecular complexity index is 1120. The van der Waals surface area contributed by atoms with Crippen LogP contribution in [0.5, 0.6) is 5.75 Å². The van der Waals surface area contributed by atoms with E-state index in [1.165, 1.54) is 12.1 Å². The van der Waals surface area contributed by atoms with Crippen molar-refractivity contribution in [2.75, 3.05) is 13.4 Å². The van der Waals surface area contributed by atoms with Crippen LogP contribution in [0, 0.1) is 6.92 Å². The standard InChI is InChI=1S/C21H21NO4S/c1-14-8-10-16(27(3,24)25)12-18(14)21(23)22-13-19-17-7-5-4-6-15(17)9-11-20(19)26-2/h4-12H,13H2,1-3H3,(H,22,23). The van der Waals surface area contributed by atoms with Crippen molar-refractivity contribution in [2.24, 2.45) is 0 Å². The molecular formula is C21H21NO4S. The molecule has 0 aliphatic carbocycles. The summed E-state index contributed by atoms with van der Waals surface area (Å²) in [4.78, 5) is 12.8. The van der Waals surface area contributed by atoms with Gasteiger partial charge in [0.05, 0.1) is 12.0 Å². The molecule has 1 N–H and O–H groups in total. The van der Waals surface area contributed by atoms with Gasteiger partial charge in [0, 0.05) is 23.9 Å². The van der Waals surface area contributed by atoms with Gasteiger partial charge in [-0.1, -0.05) is 36.4 Å². The molecule has 0 heterocycles. The summed E-state index contributed by atoms with van der Waals surface area (Å²) in [6.07, 6.45) is 1.13. The highest BCUT2D eigenvalue weighted by Gasteiger charge is 2.16. The summed E-state index contributed by atoms with van der Waals surface area (Å²) in [5.74, 6) is 0.364. The molecule has 0 unspecified atom stereocenters. The summed E-state index contributed by atoms with van der Waals surface area (Å²) >= 11 is 0. The highest BCUT2D eigenvalue weighted by molar-refractivity contribution is 7.90. The second-order valence-electron chi connectivity index (χ2n) is 6.40. The van der Waals surface area contributed by atoms with Gasteiger partial charge < -0.3 is 10.1 Å². The maximum Gasteiger partial charge on any atom is 0.251 e. The van der Waals surface area contributed by atoms with E-state index < -0.39 is 9.84 Å². The van der Waals surface area contributed by atoms with E-state index >= 15 is 0 Å². The van der Waals surface area contributed by atoms with Crippen molar-refractivity contribution in [2.45, 2.75) is 18.4 Å². The first-order chi connectivity index (χ1) is 12.8. The Labute approximate surface area is 158 Å². The molecule has 0 aliphatic heterocycles. The molecule has 0 aromatic heterocycles. The SMILES string of the molecule is COc1ccc2ccccc2c1CNC(=O)c1cc(S(C)(=O)=O)ccc1C. The molecule has 0 bridgehead atoms. The van der Waals surface area contributed by atoms with E-state index in [2.05, 4.69) is 5.32 Å². The van der Waals surface area contributed by atoms with Crippen LogP contribution < -0.4 is 10.1 Å². The lowest BCUT2D eigenvalue weighted by atomic mass is 10.0. The van der Waals surface area contributed by atoms with Crippen molar-refractivity contribution in [1.29, 1.82) is 0 Å². The predicted molar refractivity (Wildman–Crippen MR) is 106 cm³/mol. The maximum atomic E-state index is 12.7. The normalized spacial score (nSPS) is 11.4. The van der Waals surface area contributed by atoms with Crippen molar-refractivity contribution in [3.05, 3.63) is 71.3 Å². The van der Waals surface area contributed by atoms with Gasteiger partial charge in [-0.05, 0) is 41.5 Å². The number of ether oxygens (including phenoxy) is 1. The molecule has 0 saturated heterocycles. The minimum Gasteiger partial charge on any atom is -0.496 e. The molecule has 3 rings (SSSR count). The van der Waals surface area contributed by atoms with E-state index in [9.17, 15) is 13.2 Å². The zero-order valence-corrected chi connectivity index (χ0v) is 16.3. The number of rotatable bonds is 5. The smallest absolute Gasteiger partial charge is 0.251 e. The van der Waals surface area contributed by atoms with Crippen LogP contribution >= 0.6 is 0 Å². The van der Waals surface area contributed by atoms with Crippen molar-refractivity contribution >= 4 is 26.5 Å². The Morgan fingerprint density at radius 1 is 1.07 bits per heavy atom. The van der Waals surface area contributed by atoms with Gasteiger partial charge in [-0.3, -0.25) is 4.79 Å². The fraction of sp³-hybridized carbons (Fsp3) is 0.190. The number of hydrogen-bond acceptors (Lipinski definition) is 4. The van der Waals surface area contributed by atoms with Gasteiger partial charge in [-0.2, -0.15) is 0 Å². The quantitative estimate of drug-likeness (QED) is 0.732. The number of fused-ring (bicyclic) bond motifs is 1. The van der Waals surface area contributed by atoms with Crippen LogP contribution in [0.15, 0.2) is 59.5 Å². The zero-order valence-electron chi connectivity index (χ0n) is 15.4. The van der Waals surface area contributed by atoms with Gasteiger partial charge in [0.25, 0.3) is 5.91 Å². The topological polar surface area (TPSA) is 72.5 Å². The fourth-order valence-corrected chi connectivity index (χ4v) is 3.68. The Morgan fingerprint density at radius 2 is 1.81 bits per heavy atom. The van der Waals surface area contributed by atoms with Crippen LogP contribution in [-0.4, -0.2) is 27.7 Å². The Balaban J connectivity index is 1.92. The van der Waals surface area contributed by atoms with E-state index in [4.69, 9.17) is 4.74 Å². The number of hydrogen-bond donors (Lipinski definition) is 1. The lowest BCUT2D eigenvalue weighted by molar-refractivity contribution is 0.0950. The van der Waals surface area contributed by atoms with E-state index in [1.54, 1.807) is 20.1 Å². The molecule has 27 heavy (non-hydrogen) atoms. The molecule has 0 aliphatic rings. The highest BCUT2D eigenvalue weighted by Crippen LogP contribution is 2.28. The molecule has 5 nitrogen and oxygen atoms in total. The maximum absolute atomic E-state index is 12.7. The van der Waals surface area contributed by atoms with Gasteiger partial charge in [-0.25, -0.2) is 8.42 Å². The second kappa shape index (κ2) is 7.40. The number of benzene rings is 3. The number of carbonyl (C=O) groups is 1. The molecular weight excluding hydrogens is 362 g/mol. The van der Waals surface area contributed by atoms with Crippen LogP contribution in [0.3, 0.4) is 0 Å². The number of amides is 1. The van der Waals surface area contributed by atoms with Crippen molar-refractivity contribution < 1.29 is 17.9 Å². The third-order valence-corrected chi connectivity index (χ3v) is 5.64. The second-order valence-corrected chi connectivity index (χ2v) is 8.41. The van der Waals surface area contributed by atoms with Crippen molar-refractivity contribution in [3.63, 3.8) is 0 Å². The summed E-state index contributed by atoms with van der Waals surface area (Å²) in [7, 11) is -1.79. The van der Waals surface area contributed by atoms with Gasteiger partial charge in [0.1, 0.15) is 5.75 Å². The van der Waals surface area contributed by atoms with Crippen molar-refractivity contribution in [1.82, 2.24) is 5.32 Å². The third-order valence-electron chi connectivity index (χ3n) is 4.53. The monoisotopic (exact) mass is 383 g/mol. The van der Waals surface area contributed by atoms with Gasteiger partial charge >= 0.3 is 0 Å². The lowest BCUT2D eigenvalue weighted by Crippen LogP contribution is -2.24. The Hall–Kier alpha value is -2.86. The molecule has 6 heteroatoms. The zero-order chi connectivity index (χ0) is 19.6. The molecule has 1 amide bonds. The summed E-state index contributed by atoms with van der Waals surface area (Å²) < 4.78 is 29.0. The molecule has 0 radical (unpaired) electrons. The average Bonchev–Trinajstić information content (AvgIpc) is 2.65. The number of carbonyl (C=O) groups excluding carboxylic acids is 1. The third kappa shape index (κ3) is 3.95. The average molecular weight is 383 g/mol. The van der Waals surface area contributed by atoms with Gasteiger partial charge in [-0.15, -0.1) is 0 Å². The Kier molecular flexibility index (Phi) is 5.19. The van der Waals surface area contributed by atoms with Gasteiger partial charge in [0.2, 0.25) is 0 Å². The van der Waals surface area contributed by atoms with E-state index in [0.717, 1.165) is 22.6 Å². The fourth-order valence-electron chi connectivity index (χ4n) is 3.03. The van der Waals surface area contributed by atoms with Crippen molar-refractivity contribution in [3.8, 4) is 5.75 Å². The molecule has 3 aromatic rings. The first-order valence-electron chi connectivity index (χ1n) is 8.45. The lowest BCUT2D eigenvalue weighted by Gasteiger charge is -2.14. The molecule has 0 saturated carbocycles. The summed E-state index contributed by atoms with van der Waals surface area (Å²) in [6.45, 7) is 2.05. The van der Waals surface area contributed by atoms with E-state index in [1.807, 2.05) is 36.4 Å². The molecule has 140 valence electrons. The van der Waals surface area contributed by atoms with E-state index in [0.29, 0.717) is 16.9 Å². The first-order valence-corrected chi connectivity index (χ1v) is 10.3. The van der Waals surface area contributed by atoms with Crippen LogP contribution in [0.1, 0.15) is 21.5 Å². The van der Waals surface area contributed by atoms with Crippen LogP contribution in [0.2, 0.25) is 0 Å². The largest absolute Gasteiger partial charge is 0.496 e. The molecule has 0 spiro atoms. The number of methoxy groups -OCH3 is 1. The Morgan fingerprint density at radius 3 is 2.52 bits per heavy atom. The number of aryl methyl sites for hydroxylation is 1. The molecule has 0 atom stereocenters. The highest BCUT2D eigenvalue weighted by atomic mass is 32.2. The molecule has 3 aromatic carbocycles. The minimum absolute atomic E-state index is 0.126. The summed E-state index contributed by atoms with van der Waals surface area (Å²) in [5.41, 5.74) is 1.93. The summed E-state index contributed by atoms with van der Waals surface area (Å²) in [5, 5.41) is 4.94. The van der Waals surface area contributed by atoms with Crippen LogP contribution in [-0.2, 0) is 16.4 Å². The summed E-state index contributed by atoms with van der Waals surface area (Å²) in [6, 6.07) is 16.3. The van der Waals surface area contributed by atoms with Crippen LogP contribution in [0.25, 0.3) is 10.8 Å².